The normalized spacial score (nSPS) is 33.1. The molecule has 21 heavy (non-hydrogen) atoms. The molecule has 118 valence electrons. The molecule has 1 saturated heterocycles. The second-order valence-corrected chi connectivity index (χ2v) is 7.98. The molecule has 2 fully saturated rings. The molecule has 3 aliphatic rings. The molecule has 3 rings (SSSR count). The number of likely N-dealkylation sites (tertiary alicyclic amines) is 1. The highest BCUT2D eigenvalue weighted by Gasteiger charge is 2.41. The maximum Gasteiger partial charge on any atom is 0.410 e. The third-order valence-electron chi connectivity index (χ3n) is 5.00. The summed E-state index contributed by atoms with van der Waals surface area (Å²) in [6, 6.07) is 0.964. The Kier molecular flexibility index (Phi) is 3.76. The van der Waals surface area contributed by atoms with E-state index in [2.05, 4.69) is 24.4 Å². The molecule has 4 heteroatoms. The van der Waals surface area contributed by atoms with Gasteiger partial charge in [0, 0.05) is 25.2 Å². The van der Waals surface area contributed by atoms with Gasteiger partial charge in [-0.25, -0.2) is 4.79 Å². The molecule has 1 N–H and O–H groups in total. The molecular formula is C17H28N2O2. The SMILES string of the molecule is CC(NC1CN(C(=O)OC(C)(C)C)C1)C1CC2C=CC1C2. The van der Waals surface area contributed by atoms with Gasteiger partial charge in [-0.15, -0.1) is 0 Å². The van der Waals surface area contributed by atoms with Gasteiger partial charge in [0.05, 0.1) is 0 Å². The number of nitrogens with one attached hydrogen (secondary N) is 1. The Morgan fingerprint density at radius 2 is 2.00 bits per heavy atom. The Labute approximate surface area is 127 Å². The smallest absolute Gasteiger partial charge is 0.410 e. The third-order valence-corrected chi connectivity index (χ3v) is 5.00. The van der Waals surface area contributed by atoms with E-state index in [0.29, 0.717) is 12.1 Å². The van der Waals surface area contributed by atoms with Crippen molar-refractivity contribution in [1.29, 1.82) is 0 Å². The van der Waals surface area contributed by atoms with Crippen LogP contribution in [0.15, 0.2) is 12.2 Å². The van der Waals surface area contributed by atoms with Crippen molar-refractivity contribution in [2.45, 2.75) is 58.2 Å². The van der Waals surface area contributed by atoms with Gasteiger partial charge in [-0.1, -0.05) is 12.2 Å². The molecule has 0 spiro atoms. The van der Waals surface area contributed by atoms with Gasteiger partial charge in [0.1, 0.15) is 5.60 Å². The predicted molar refractivity (Wildman–Crippen MR) is 83.0 cm³/mol. The van der Waals surface area contributed by atoms with E-state index in [4.69, 9.17) is 4.74 Å². The Morgan fingerprint density at radius 3 is 2.52 bits per heavy atom. The zero-order valence-corrected chi connectivity index (χ0v) is 13.6. The fourth-order valence-corrected chi connectivity index (χ4v) is 3.95. The van der Waals surface area contributed by atoms with E-state index in [1.165, 1.54) is 12.8 Å². The number of ether oxygens (including phenoxy) is 1. The van der Waals surface area contributed by atoms with Crippen molar-refractivity contribution in [3.8, 4) is 0 Å². The Morgan fingerprint density at radius 1 is 1.29 bits per heavy atom. The maximum absolute atomic E-state index is 11.9. The fraction of sp³-hybridized carbons (Fsp3) is 0.824. The monoisotopic (exact) mass is 292 g/mol. The summed E-state index contributed by atoms with van der Waals surface area (Å²) < 4.78 is 5.39. The molecule has 4 nitrogen and oxygen atoms in total. The minimum absolute atomic E-state index is 0.184. The molecule has 1 heterocycles. The van der Waals surface area contributed by atoms with E-state index < -0.39 is 5.60 Å². The van der Waals surface area contributed by atoms with Crippen LogP contribution in [0.1, 0.15) is 40.5 Å². The van der Waals surface area contributed by atoms with Gasteiger partial charge in [-0.2, -0.15) is 0 Å². The topological polar surface area (TPSA) is 41.6 Å². The van der Waals surface area contributed by atoms with E-state index in [0.717, 1.165) is 30.8 Å². The van der Waals surface area contributed by atoms with Crippen molar-refractivity contribution < 1.29 is 9.53 Å². The van der Waals surface area contributed by atoms with Crippen LogP contribution in [0.3, 0.4) is 0 Å². The van der Waals surface area contributed by atoms with E-state index in [9.17, 15) is 4.79 Å². The van der Waals surface area contributed by atoms with E-state index in [-0.39, 0.29) is 6.09 Å². The van der Waals surface area contributed by atoms with Gasteiger partial charge >= 0.3 is 6.09 Å². The Bertz CT molecular complexity index is 435. The molecule has 2 aliphatic carbocycles. The van der Waals surface area contributed by atoms with Crippen LogP contribution >= 0.6 is 0 Å². The van der Waals surface area contributed by atoms with Crippen LogP contribution < -0.4 is 5.32 Å². The van der Waals surface area contributed by atoms with Gasteiger partial charge in [0.25, 0.3) is 0 Å². The van der Waals surface area contributed by atoms with Crippen molar-refractivity contribution in [1.82, 2.24) is 10.2 Å². The summed E-state index contributed by atoms with van der Waals surface area (Å²) in [4.78, 5) is 13.7. The van der Waals surface area contributed by atoms with Crippen molar-refractivity contribution in [2.24, 2.45) is 17.8 Å². The lowest BCUT2D eigenvalue weighted by molar-refractivity contribution is 0.00339. The first-order valence-corrected chi connectivity index (χ1v) is 8.24. The lowest BCUT2D eigenvalue weighted by Crippen LogP contribution is -2.62. The molecule has 1 aliphatic heterocycles. The lowest BCUT2D eigenvalue weighted by Gasteiger charge is -2.42. The van der Waals surface area contributed by atoms with Crippen LogP contribution in [0.25, 0.3) is 0 Å². The molecule has 4 unspecified atom stereocenters. The van der Waals surface area contributed by atoms with Gasteiger partial charge in [-0.3, -0.25) is 0 Å². The number of nitrogens with zero attached hydrogens (tertiary/aromatic N) is 1. The van der Waals surface area contributed by atoms with Crippen LogP contribution in [-0.2, 0) is 4.74 Å². The molecule has 4 atom stereocenters. The molecule has 0 aromatic carbocycles. The van der Waals surface area contributed by atoms with Crippen LogP contribution in [0, 0.1) is 17.8 Å². The molecule has 0 aromatic rings. The van der Waals surface area contributed by atoms with Gasteiger partial charge in [-0.05, 0) is 58.3 Å². The van der Waals surface area contributed by atoms with Crippen LogP contribution in [0.2, 0.25) is 0 Å². The summed E-state index contributed by atoms with van der Waals surface area (Å²) in [5.41, 5.74) is -0.404. The summed E-state index contributed by atoms with van der Waals surface area (Å²) in [6.07, 6.45) is 7.30. The number of amides is 1. The molecule has 0 radical (unpaired) electrons. The second-order valence-electron chi connectivity index (χ2n) is 7.98. The van der Waals surface area contributed by atoms with Gasteiger partial charge in [0.2, 0.25) is 0 Å². The average molecular weight is 292 g/mol. The number of hydrogen-bond acceptors (Lipinski definition) is 3. The first-order chi connectivity index (χ1) is 9.82. The molecule has 1 saturated carbocycles. The van der Waals surface area contributed by atoms with Crippen molar-refractivity contribution in [2.75, 3.05) is 13.1 Å². The fourth-order valence-electron chi connectivity index (χ4n) is 3.95. The standard InChI is InChI=1S/C17H28N2O2/c1-11(15-8-12-5-6-13(15)7-12)18-14-9-19(10-14)16(20)21-17(2,3)4/h5-6,11-15,18H,7-10H2,1-4H3. The van der Waals surface area contributed by atoms with E-state index in [1.807, 2.05) is 20.8 Å². The number of carbonyl (C=O) groups excluding carboxylic acids is 1. The highest BCUT2D eigenvalue weighted by atomic mass is 16.6. The number of hydrogen-bond donors (Lipinski definition) is 1. The minimum atomic E-state index is -0.404. The highest BCUT2D eigenvalue weighted by Crippen LogP contribution is 2.44. The van der Waals surface area contributed by atoms with E-state index in [1.54, 1.807) is 4.90 Å². The highest BCUT2D eigenvalue weighted by molar-refractivity contribution is 5.69. The number of carbonyl (C=O) groups is 1. The zero-order chi connectivity index (χ0) is 15.2. The minimum Gasteiger partial charge on any atom is -0.444 e. The quantitative estimate of drug-likeness (QED) is 0.813. The van der Waals surface area contributed by atoms with Gasteiger partial charge < -0.3 is 15.0 Å². The average Bonchev–Trinajstić information content (AvgIpc) is 2.92. The summed E-state index contributed by atoms with van der Waals surface area (Å²) in [5.74, 6) is 2.37. The van der Waals surface area contributed by atoms with E-state index >= 15 is 0 Å². The van der Waals surface area contributed by atoms with Crippen molar-refractivity contribution in [3.63, 3.8) is 0 Å². The predicted octanol–water partition coefficient (Wildman–Crippen LogP) is 2.80. The van der Waals surface area contributed by atoms with Crippen LogP contribution in [-0.4, -0.2) is 41.8 Å². The summed E-state index contributed by atoms with van der Waals surface area (Å²) in [5, 5.41) is 3.71. The van der Waals surface area contributed by atoms with Gasteiger partial charge in [0.15, 0.2) is 0 Å². The molecular weight excluding hydrogens is 264 g/mol. The number of allylic oxidation sites excluding steroid dienone is 2. The Balaban J connectivity index is 1.41. The maximum atomic E-state index is 11.9. The number of rotatable bonds is 3. The largest absolute Gasteiger partial charge is 0.444 e. The van der Waals surface area contributed by atoms with Crippen LogP contribution in [0.4, 0.5) is 4.79 Å². The lowest BCUT2D eigenvalue weighted by atomic mass is 9.87. The summed E-state index contributed by atoms with van der Waals surface area (Å²) >= 11 is 0. The number of fused-ring (bicyclic) bond motifs is 2. The summed E-state index contributed by atoms with van der Waals surface area (Å²) in [6.45, 7) is 9.57. The molecule has 2 bridgehead atoms. The molecule has 0 aromatic heterocycles. The van der Waals surface area contributed by atoms with Crippen molar-refractivity contribution in [3.05, 3.63) is 12.2 Å². The summed E-state index contributed by atoms with van der Waals surface area (Å²) in [7, 11) is 0. The third kappa shape index (κ3) is 3.25. The van der Waals surface area contributed by atoms with Crippen molar-refractivity contribution >= 4 is 6.09 Å². The van der Waals surface area contributed by atoms with Crippen LogP contribution in [0.5, 0.6) is 0 Å². The zero-order valence-electron chi connectivity index (χ0n) is 13.6. The second kappa shape index (κ2) is 5.31. The molecule has 1 amide bonds. The first-order valence-electron chi connectivity index (χ1n) is 8.24. The Hall–Kier alpha value is -1.03. The first kappa shape index (κ1) is 14.9.